The molecule has 0 aromatic heterocycles. The van der Waals surface area contributed by atoms with Gasteiger partial charge in [0.2, 0.25) is 0 Å². The molecule has 1 aromatic rings. The van der Waals surface area contributed by atoms with Crippen LogP contribution >= 0.6 is 0 Å². The van der Waals surface area contributed by atoms with Gasteiger partial charge in [0.1, 0.15) is 11.6 Å². The second-order valence-electron chi connectivity index (χ2n) is 3.78. The van der Waals surface area contributed by atoms with E-state index in [1.165, 1.54) is 0 Å². The number of nitrogens with two attached hydrogens (primary N) is 1. The molecule has 0 bridgehead atoms. The highest BCUT2D eigenvalue weighted by atomic mass is 16.5. The van der Waals surface area contributed by atoms with Gasteiger partial charge in [-0.25, -0.2) is 0 Å². The molecule has 0 aliphatic rings. The van der Waals surface area contributed by atoms with Crippen molar-refractivity contribution in [3.05, 3.63) is 29.3 Å². The summed E-state index contributed by atoms with van der Waals surface area (Å²) in [6.07, 6.45) is 0. The number of nitrogen functional groups attached to an aromatic ring is 1. The van der Waals surface area contributed by atoms with Crippen molar-refractivity contribution in [3.63, 3.8) is 0 Å². The predicted octanol–water partition coefficient (Wildman–Crippen LogP) is 1.43. The summed E-state index contributed by atoms with van der Waals surface area (Å²) in [5.74, 6) is 0.688. The van der Waals surface area contributed by atoms with E-state index in [0.717, 1.165) is 18.7 Å². The average molecular weight is 221 g/mol. The molecule has 0 saturated carbocycles. The van der Waals surface area contributed by atoms with Gasteiger partial charge in [-0.15, -0.1) is 0 Å². The largest absolute Gasteiger partial charge is 0.496 e. The molecule has 0 atom stereocenters. The Morgan fingerprint density at radius 3 is 2.69 bits per heavy atom. The van der Waals surface area contributed by atoms with Crippen LogP contribution in [0.1, 0.15) is 18.1 Å². The number of methoxy groups -OCH3 is 1. The van der Waals surface area contributed by atoms with Gasteiger partial charge < -0.3 is 15.4 Å². The van der Waals surface area contributed by atoms with Crippen LogP contribution in [0.2, 0.25) is 0 Å². The summed E-state index contributed by atoms with van der Waals surface area (Å²) in [7, 11) is 3.64. The first-order chi connectivity index (χ1) is 7.58. The van der Waals surface area contributed by atoms with Crippen LogP contribution in [-0.4, -0.2) is 31.4 Å². The van der Waals surface area contributed by atoms with Gasteiger partial charge in [-0.1, -0.05) is 13.0 Å². The number of ether oxygens (including phenoxy) is 1. The first-order valence-corrected chi connectivity index (χ1v) is 5.28. The number of benzene rings is 1. The molecule has 4 nitrogen and oxygen atoms in total. The number of amidine groups is 1. The van der Waals surface area contributed by atoms with E-state index < -0.39 is 0 Å². The van der Waals surface area contributed by atoms with Crippen LogP contribution in [0, 0.1) is 5.41 Å². The summed E-state index contributed by atoms with van der Waals surface area (Å²) in [5, 5.41) is 7.49. The van der Waals surface area contributed by atoms with Gasteiger partial charge in [-0.05, 0) is 31.3 Å². The molecule has 1 aromatic carbocycles. The number of hydrogen-bond acceptors (Lipinski definition) is 3. The zero-order valence-corrected chi connectivity index (χ0v) is 10.1. The SMILES string of the molecule is CCN(C)Cc1ccc(OC)c(C(=N)N)c1. The lowest BCUT2D eigenvalue weighted by Gasteiger charge is -2.15. The highest BCUT2D eigenvalue weighted by molar-refractivity contribution is 5.97. The maximum Gasteiger partial charge on any atom is 0.129 e. The fraction of sp³-hybridized carbons (Fsp3) is 0.417. The Labute approximate surface area is 96.5 Å². The summed E-state index contributed by atoms with van der Waals surface area (Å²) in [6, 6.07) is 5.76. The van der Waals surface area contributed by atoms with Crippen LogP contribution in [0.5, 0.6) is 5.75 Å². The monoisotopic (exact) mass is 221 g/mol. The normalized spacial score (nSPS) is 10.5. The number of hydrogen-bond donors (Lipinski definition) is 2. The minimum Gasteiger partial charge on any atom is -0.496 e. The Morgan fingerprint density at radius 1 is 1.50 bits per heavy atom. The lowest BCUT2D eigenvalue weighted by atomic mass is 10.1. The second-order valence-corrected chi connectivity index (χ2v) is 3.78. The predicted molar refractivity (Wildman–Crippen MR) is 66.0 cm³/mol. The van der Waals surface area contributed by atoms with Crippen molar-refractivity contribution in [2.45, 2.75) is 13.5 Å². The Bertz CT molecular complexity index is 377. The molecule has 0 saturated heterocycles. The summed E-state index contributed by atoms with van der Waals surface area (Å²) >= 11 is 0. The minimum atomic E-state index is 0.0397. The van der Waals surface area contributed by atoms with Crippen LogP contribution in [-0.2, 0) is 6.54 Å². The fourth-order valence-corrected chi connectivity index (χ4v) is 1.49. The highest BCUT2D eigenvalue weighted by Gasteiger charge is 2.07. The van der Waals surface area contributed by atoms with Crippen LogP contribution in [0.4, 0.5) is 0 Å². The molecule has 0 amide bonds. The van der Waals surface area contributed by atoms with Gasteiger partial charge in [0.05, 0.1) is 12.7 Å². The van der Waals surface area contributed by atoms with Gasteiger partial charge in [0, 0.05) is 6.54 Å². The Morgan fingerprint density at radius 2 is 2.19 bits per heavy atom. The number of nitrogens with one attached hydrogen (secondary N) is 1. The Hall–Kier alpha value is -1.55. The molecule has 1 rings (SSSR count). The van der Waals surface area contributed by atoms with Gasteiger partial charge in [0.15, 0.2) is 0 Å². The molecule has 4 heteroatoms. The summed E-state index contributed by atoms with van der Waals surface area (Å²) in [5.41, 5.74) is 7.30. The first-order valence-electron chi connectivity index (χ1n) is 5.28. The topological polar surface area (TPSA) is 62.3 Å². The van der Waals surface area contributed by atoms with Crippen LogP contribution in [0.25, 0.3) is 0 Å². The standard InChI is InChI=1S/C12H19N3O/c1-4-15(2)8-9-5-6-11(16-3)10(7-9)12(13)14/h5-7H,4,8H2,1-3H3,(H3,13,14). The Kier molecular flexibility index (Phi) is 4.31. The molecule has 0 unspecified atom stereocenters. The van der Waals surface area contributed by atoms with Gasteiger partial charge in [0.25, 0.3) is 0 Å². The quantitative estimate of drug-likeness (QED) is 0.584. The lowest BCUT2D eigenvalue weighted by molar-refractivity contribution is 0.345. The average Bonchev–Trinajstić information content (AvgIpc) is 2.28. The van der Waals surface area contributed by atoms with Crippen molar-refractivity contribution in [2.75, 3.05) is 20.7 Å². The second kappa shape index (κ2) is 5.51. The van der Waals surface area contributed by atoms with E-state index >= 15 is 0 Å². The van der Waals surface area contributed by atoms with Crippen LogP contribution < -0.4 is 10.5 Å². The maximum atomic E-state index is 7.49. The van der Waals surface area contributed by atoms with E-state index in [2.05, 4.69) is 18.9 Å². The summed E-state index contributed by atoms with van der Waals surface area (Å²) in [6.45, 7) is 3.94. The van der Waals surface area contributed by atoms with Gasteiger partial charge >= 0.3 is 0 Å². The Balaban J connectivity index is 2.97. The highest BCUT2D eigenvalue weighted by Crippen LogP contribution is 2.19. The first kappa shape index (κ1) is 12.5. The molecule has 0 spiro atoms. The molecule has 88 valence electrons. The summed E-state index contributed by atoms with van der Waals surface area (Å²) < 4.78 is 5.16. The van der Waals surface area contributed by atoms with Gasteiger partial charge in [-0.3, -0.25) is 5.41 Å². The van der Waals surface area contributed by atoms with E-state index in [0.29, 0.717) is 11.3 Å². The van der Waals surface area contributed by atoms with E-state index in [4.69, 9.17) is 15.9 Å². The maximum absolute atomic E-state index is 7.49. The molecule has 0 radical (unpaired) electrons. The van der Waals surface area contributed by atoms with Crippen molar-refractivity contribution in [2.24, 2.45) is 5.73 Å². The smallest absolute Gasteiger partial charge is 0.129 e. The third-order valence-corrected chi connectivity index (χ3v) is 2.55. The zero-order chi connectivity index (χ0) is 12.1. The zero-order valence-electron chi connectivity index (χ0n) is 10.1. The van der Waals surface area contributed by atoms with Crippen LogP contribution in [0.3, 0.4) is 0 Å². The van der Waals surface area contributed by atoms with Crippen molar-refractivity contribution in [1.29, 1.82) is 5.41 Å². The van der Waals surface area contributed by atoms with E-state index in [1.807, 2.05) is 18.2 Å². The molecule has 3 N–H and O–H groups in total. The van der Waals surface area contributed by atoms with Crippen molar-refractivity contribution in [1.82, 2.24) is 4.90 Å². The van der Waals surface area contributed by atoms with E-state index in [9.17, 15) is 0 Å². The minimum absolute atomic E-state index is 0.0397. The summed E-state index contributed by atoms with van der Waals surface area (Å²) in [4.78, 5) is 2.19. The molecule has 0 heterocycles. The number of nitrogens with zero attached hydrogens (tertiary/aromatic N) is 1. The third-order valence-electron chi connectivity index (χ3n) is 2.55. The van der Waals surface area contributed by atoms with E-state index in [-0.39, 0.29) is 5.84 Å². The fourth-order valence-electron chi connectivity index (χ4n) is 1.49. The molecular formula is C12H19N3O. The third kappa shape index (κ3) is 2.97. The van der Waals surface area contributed by atoms with Gasteiger partial charge in [-0.2, -0.15) is 0 Å². The number of rotatable bonds is 5. The van der Waals surface area contributed by atoms with Crippen LogP contribution in [0.15, 0.2) is 18.2 Å². The van der Waals surface area contributed by atoms with Crippen molar-refractivity contribution < 1.29 is 4.74 Å². The molecule has 0 aliphatic heterocycles. The van der Waals surface area contributed by atoms with E-state index in [1.54, 1.807) is 7.11 Å². The lowest BCUT2D eigenvalue weighted by Crippen LogP contribution is -2.18. The molecular weight excluding hydrogens is 202 g/mol. The molecule has 0 aliphatic carbocycles. The van der Waals surface area contributed by atoms with Crippen molar-refractivity contribution >= 4 is 5.84 Å². The molecule has 0 fully saturated rings. The van der Waals surface area contributed by atoms with Crippen molar-refractivity contribution in [3.8, 4) is 5.75 Å². The molecule has 16 heavy (non-hydrogen) atoms.